The second kappa shape index (κ2) is 12.6. The number of rotatable bonds is 8. The molecule has 6 unspecified atom stereocenters. The molecular weight excluding hydrogens is 508 g/mol. The minimum atomic E-state index is -0.482. The van der Waals surface area contributed by atoms with Gasteiger partial charge in [0.1, 0.15) is 11.4 Å². The molecule has 2 aliphatic carbocycles. The van der Waals surface area contributed by atoms with Crippen molar-refractivity contribution in [3.05, 3.63) is 32.4 Å². The molecule has 222 valence electrons. The molecule has 3 N–H and O–H groups in total. The van der Waals surface area contributed by atoms with Crippen molar-refractivity contribution in [3.8, 4) is 0 Å². The number of anilines is 2. The van der Waals surface area contributed by atoms with E-state index in [2.05, 4.69) is 29.0 Å². The first-order chi connectivity index (χ1) is 19.2. The number of nitro groups is 2. The van der Waals surface area contributed by atoms with Gasteiger partial charge in [0.15, 0.2) is 0 Å². The highest BCUT2D eigenvalue weighted by atomic mass is 16.6. The molecule has 4 aliphatic rings. The third kappa shape index (κ3) is 6.54. The van der Waals surface area contributed by atoms with Crippen molar-refractivity contribution in [1.29, 1.82) is 0 Å². The number of nitrogens with zero attached hydrogens (tertiary/aromatic N) is 4. The van der Waals surface area contributed by atoms with Crippen LogP contribution in [0.4, 0.5) is 22.7 Å². The van der Waals surface area contributed by atoms with Crippen LogP contribution >= 0.6 is 0 Å². The van der Waals surface area contributed by atoms with Crippen LogP contribution in [0.5, 0.6) is 0 Å². The van der Waals surface area contributed by atoms with Gasteiger partial charge in [-0.25, -0.2) is 0 Å². The van der Waals surface area contributed by atoms with Gasteiger partial charge in [0.2, 0.25) is 0 Å². The van der Waals surface area contributed by atoms with Crippen molar-refractivity contribution >= 4 is 22.7 Å². The molecule has 10 nitrogen and oxygen atoms in total. The fourth-order valence-electron chi connectivity index (χ4n) is 8.16. The van der Waals surface area contributed by atoms with E-state index in [9.17, 15) is 20.2 Å². The zero-order valence-electron chi connectivity index (χ0n) is 24.3. The molecular formula is C30H48N6O4. The number of nitrogens with one attached hydrogen (secondary N) is 1. The summed E-state index contributed by atoms with van der Waals surface area (Å²) < 4.78 is 0. The Labute approximate surface area is 238 Å². The number of hydrogen-bond donors (Lipinski definition) is 2. The molecule has 2 aliphatic heterocycles. The molecule has 0 bridgehead atoms. The molecule has 0 amide bonds. The summed E-state index contributed by atoms with van der Waals surface area (Å²) in [6, 6.07) is 3.85. The van der Waals surface area contributed by atoms with Crippen molar-refractivity contribution in [2.24, 2.45) is 29.4 Å². The average Bonchev–Trinajstić information content (AvgIpc) is 3.47. The molecule has 40 heavy (non-hydrogen) atoms. The predicted octanol–water partition coefficient (Wildman–Crippen LogP) is 5.94. The van der Waals surface area contributed by atoms with Gasteiger partial charge < -0.3 is 20.9 Å². The van der Waals surface area contributed by atoms with E-state index in [1.807, 2.05) is 0 Å². The number of hydrogen-bond acceptors (Lipinski definition) is 8. The number of piperidine rings is 1. The Morgan fingerprint density at radius 3 is 2.08 bits per heavy atom. The SMILES string of the molecule is CC1CC(CC2CCC(Nc3cc(N4CCC(N5CCCC5)CC4)c([N+](=O)[O-])cc3[N+](=O)[O-])C(C)C2)CCC1N. The number of likely N-dealkylation sites (tertiary alicyclic amines) is 1. The van der Waals surface area contributed by atoms with Crippen LogP contribution in [0.2, 0.25) is 0 Å². The fourth-order valence-corrected chi connectivity index (χ4v) is 8.16. The first-order valence-corrected chi connectivity index (χ1v) is 15.7. The maximum atomic E-state index is 12.0. The topological polar surface area (TPSA) is 131 Å². The van der Waals surface area contributed by atoms with Crippen molar-refractivity contribution in [1.82, 2.24) is 4.90 Å². The Kier molecular flexibility index (Phi) is 9.14. The third-order valence-electron chi connectivity index (χ3n) is 10.6. The fraction of sp³-hybridized carbons (Fsp3) is 0.800. The largest absolute Gasteiger partial charge is 0.376 e. The van der Waals surface area contributed by atoms with Crippen LogP contribution in [0.25, 0.3) is 0 Å². The molecule has 1 aromatic rings. The summed E-state index contributed by atoms with van der Waals surface area (Å²) in [5.41, 5.74) is 6.78. The first kappa shape index (κ1) is 29.0. The molecule has 4 fully saturated rings. The first-order valence-electron chi connectivity index (χ1n) is 15.7. The zero-order chi connectivity index (χ0) is 28.4. The maximum absolute atomic E-state index is 12.0. The minimum absolute atomic E-state index is 0.115. The van der Waals surface area contributed by atoms with Gasteiger partial charge in [-0.05, 0) is 113 Å². The number of nitro benzene ring substituents is 2. The number of benzene rings is 1. The van der Waals surface area contributed by atoms with Gasteiger partial charge in [-0.2, -0.15) is 0 Å². The van der Waals surface area contributed by atoms with E-state index in [4.69, 9.17) is 5.73 Å². The molecule has 6 atom stereocenters. The summed E-state index contributed by atoms with van der Waals surface area (Å²) in [7, 11) is 0. The highest BCUT2D eigenvalue weighted by Gasteiger charge is 2.35. The summed E-state index contributed by atoms with van der Waals surface area (Å²) >= 11 is 0. The molecule has 0 aromatic heterocycles. The highest BCUT2D eigenvalue weighted by molar-refractivity contribution is 5.78. The Morgan fingerprint density at radius 2 is 1.48 bits per heavy atom. The van der Waals surface area contributed by atoms with Crippen LogP contribution in [0.3, 0.4) is 0 Å². The Morgan fingerprint density at radius 1 is 0.850 bits per heavy atom. The third-order valence-corrected chi connectivity index (χ3v) is 10.6. The summed E-state index contributed by atoms with van der Waals surface area (Å²) in [4.78, 5) is 27.7. The maximum Gasteiger partial charge on any atom is 0.299 e. The van der Waals surface area contributed by atoms with Gasteiger partial charge in [-0.3, -0.25) is 20.2 Å². The van der Waals surface area contributed by atoms with Crippen LogP contribution in [-0.2, 0) is 0 Å². The molecule has 0 radical (unpaired) electrons. The lowest BCUT2D eigenvalue weighted by Gasteiger charge is -2.39. The smallest absolute Gasteiger partial charge is 0.299 e. The van der Waals surface area contributed by atoms with E-state index in [0.29, 0.717) is 41.2 Å². The van der Waals surface area contributed by atoms with Gasteiger partial charge in [-0.1, -0.05) is 13.8 Å². The van der Waals surface area contributed by atoms with Gasteiger partial charge in [0, 0.05) is 31.2 Å². The van der Waals surface area contributed by atoms with E-state index < -0.39 is 9.85 Å². The Balaban J connectivity index is 1.27. The Hall–Kier alpha value is -2.46. The van der Waals surface area contributed by atoms with E-state index in [0.717, 1.165) is 70.6 Å². The lowest BCUT2D eigenvalue weighted by Crippen LogP contribution is -2.44. The monoisotopic (exact) mass is 556 g/mol. The van der Waals surface area contributed by atoms with Crippen LogP contribution in [-0.4, -0.2) is 59.1 Å². The van der Waals surface area contributed by atoms with E-state index in [1.54, 1.807) is 6.07 Å². The average molecular weight is 557 g/mol. The van der Waals surface area contributed by atoms with Gasteiger partial charge in [-0.15, -0.1) is 0 Å². The quantitative estimate of drug-likeness (QED) is 0.297. The molecule has 1 aromatic carbocycles. The molecule has 2 heterocycles. The lowest BCUT2D eigenvalue weighted by atomic mass is 9.71. The minimum Gasteiger partial charge on any atom is -0.376 e. The van der Waals surface area contributed by atoms with Gasteiger partial charge in [0.25, 0.3) is 11.4 Å². The zero-order valence-corrected chi connectivity index (χ0v) is 24.3. The molecule has 2 saturated carbocycles. The van der Waals surface area contributed by atoms with Crippen molar-refractivity contribution in [3.63, 3.8) is 0 Å². The van der Waals surface area contributed by atoms with Crippen LogP contribution in [0.15, 0.2) is 12.1 Å². The van der Waals surface area contributed by atoms with E-state index in [-0.39, 0.29) is 17.4 Å². The number of nitrogens with two attached hydrogens (primary N) is 1. The van der Waals surface area contributed by atoms with Crippen LogP contribution in [0, 0.1) is 43.9 Å². The normalized spacial score (nSPS) is 32.2. The lowest BCUT2D eigenvalue weighted by molar-refractivity contribution is -0.393. The van der Waals surface area contributed by atoms with E-state index >= 15 is 0 Å². The van der Waals surface area contributed by atoms with Crippen molar-refractivity contribution < 1.29 is 9.85 Å². The van der Waals surface area contributed by atoms with Gasteiger partial charge >= 0.3 is 0 Å². The molecule has 5 rings (SSSR count). The summed E-state index contributed by atoms with van der Waals surface area (Å²) in [6.07, 6.45) is 12.4. The summed E-state index contributed by atoms with van der Waals surface area (Å²) in [5.74, 6) is 2.40. The standard InChI is InChI=1S/C30H48N6O4/c1-20-15-22(5-7-25(20)31)17-23-6-8-26(21(2)16-23)32-27-18-29(30(36(39)40)19-28(27)35(37)38)34-13-9-24(10-14-34)33-11-3-4-12-33/h18-26,32H,3-17,31H2,1-2H3. The van der Waals surface area contributed by atoms with E-state index in [1.165, 1.54) is 38.2 Å². The second-order valence-electron chi connectivity index (χ2n) is 13.3. The van der Waals surface area contributed by atoms with Crippen LogP contribution in [0.1, 0.15) is 84.5 Å². The molecule has 10 heteroatoms. The molecule has 0 spiro atoms. The van der Waals surface area contributed by atoms with Gasteiger partial charge in [0.05, 0.1) is 15.9 Å². The molecule has 2 saturated heterocycles. The second-order valence-corrected chi connectivity index (χ2v) is 13.3. The summed E-state index contributed by atoms with van der Waals surface area (Å²) in [5, 5.41) is 27.6. The predicted molar refractivity (Wildman–Crippen MR) is 159 cm³/mol. The highest BCUT2D eigenvalue weighted by Crippen LogP contribution is 2.43. The van der Waals surface area contributed by atoms with Crippen molar-refractivity contribution in [2.45, 2.75) is 103 Å². The van der Waals surface area contributed by atoms with Crippen molar-refractivity contribution in [2.75, 3.05) is 36.4 Å². The van der Waals surface area contributed by atoms with Crippen LogP contribution < -0.4 is 16.0 Å². The Bertz CT molecular complexity index is 1050. The summed E-state index contributed by atoms with van der Waals surface area (Å²) in [6.45, 7) is 8.26.